The number of nitrogens with zero attached hydrogens (tertiary/aromatic N) is 3. The highest BCUT2D eigenvalue weighted by Crippen LogP contribution is 2.30. The number of hydrogen-bond donors (Lipinski definition) is 1. The Labute approximate surface area is 161 Å². The van der Waals surface area contributed by atoms with Crippen LogP contribution >= 0.6 is 0 Å². The summed E-state index contributed by atoms with van der Waals surface area (Å²) in [5.41, 5.74) is 6.24. The number of nitrogens with two attached hydrogens (primary N) is 1. The molecule has 6 nitrogen and oxygen atoms in total. The fraction of sp³-hybridized carbons (Fsp3) is 0.286. The van der Waals surface area contributed by atoms with Gasteiger partial charge in [-0.25, -0.2) is 9.37 Å². The average molecular weight is 380 g/mol. The maximum atomic E-state index is 14.1. The maximum absolute atomic E-state index is 14.1. The largest absolute Gasteiger partial charge is 0.368 e. The second-order valence-corrected chi connectivity index (χ2v) is 7.13. The molecule has 4 rings (SSSR count). The van der Waals surface area contributed by atoms with Crippen LogP contribution in [0.15, 0.2) is 53.3 Å². The van der Waals surface area contributed by atoms with Crippen LogP contribution in [0.2, 0.25) is 0 Å². The monoisotopic (exact) mass is 380 g/mol. The number of primary amides is 1. The van der Waals surface area contributed by atoms with Crippen molar-refractivity contribution in [1.29, 1.82) is 0 Å². The highest BCUT2D eigenvalue weighted by Gasteiger charge is 2.30. The Bertz CT molecular complexity index is 1090. The molecule has 144 valence electrons. The molecule has 1 saturated carbocycles. The molecule has 0 spiro atoms. The second kappa shape index (κ2) is 7.52. The number of hydrogen-bond acceptors (Lipinski definition) is 4. The summed E-state index contributed by atoms with van der Waals surface area (Å²) in [5.74, 6) is -0.396. The first-order chi connectivity index (χ1) is 13.5. The molecule has 1 amide bonds. The molecule has 2 N–H and O–H groups in total. The third-order valence-electron chi connectivity index (χ3n) is 4.99. The van der Waals surface area contributed by atoms with Gasteiger partial charge in [0.25, 0.3) is 5.56 Å². The SMILES string of the molecule is NC(=O)Cn1c(CN(Cc2ccccc2F)C2CC2)nc2ccccc2c1=O. The van der Waals surface area contributed by atoms with E-state index in [1.165, 1.54) is 10.6 Å². The lowest BCUT2D eigenvalue weighted by molar-refractivity contribution is -0.118. The number of benzene rings is 2. The van der Waals surface area contributed by atoms with E-state index in [9.17, 15) is 14.0 Å². The molecule has 0 aliphatic heterocycles. The number of carbonyl (C=O) groups is 1. The van der Waals surface area contributed by atoms with E-state index in [1.807, 2.05) is 6.07 Å². The van der Waals surface area contributed by atoms with Gasteiger partial charge >= 0.3 is 0 Å². The molecule has 1 fully saturated rings. The number of fused-ring (bicyclic) bond motifs is 1. The van der Waals surface area contributed by atoms with Gasteiger partial charge in [-0.3, -0.25) is 19.1 Å². The van der Waals surface area contributed by atoms with Crippen molar-refractivity contribution in [3.8, 4) is 0 Å². The van der Waals surface area contributed by atoms with Crippen LogP contribution in [0, 0.1) is 5.82 Å². The molecule has 0 radical (unpaired) electrons. The summed E-state index contributed by atoms with van der Waals surface area (Å²) in [6.45, 7) is 0.521. The molecule has 1 heterocycles. The van der Waals surface area contributed by atoms with Crippen molar-refractivity contribution in [2.24, 2.45) is 5.73 Å². The van der Waals surface area contributed by atoms with Crippen molar-refractivity contribution >= 4 is 16.8 Å². The van der Waals surface area contributed by atoms with Crippen LogP contribution in [0.5, 0.6) is 0 Å². The van der Waals surface area contributed by atoms with Gasteiger partial charge in [0.1, 0.15) is 18.2 Å². The zero-order valence-corrected chi connectivity index (χ0v) is 15.3. The zero-order valence-electron chi connectivity index (χ0n) is 15.3. The van der Waals surface area contributed by atoms with Gasteiger partial charge < -0.3 is 5.73 Å². The molecule has 3 aromatic rings. The van der Waals surface area contributed by atoms with Gasteiger partial charge in [-0.05, 0) is 31.0 Å². The Morgan fingerprint density at radius 3 is 2.57 bits per heavy atom. The van der Waals surface area contributed by atoms with Crippen LogP contribution < -0.4 is 11.3 Å². The Balaban J connectivity index is 1.73. The molecular formula is C21H21FN4O2. The summed E-state index contributed by atoms with van der Waals surface area (Å²) >= 11 is 0. The summed E-state index contributed by atoms with van der Waals surface area (Å²) < 4.78 is 15.5. The van der Waals surface area contributed by atoms with Gasteiger partial charge in [0.15, 0.2) is 0 Å². The standard InChI is InChI=1S/C21H21FN4O2/c22-17-7-3-1-5-14(17)11-25(15-9-10-15)13-20-24-18-8-4-2-6-16(18)21(28)26(20)12-19(23)27/h1-8,15H,9-13H2,(H2,23,27). The van der Waals surface area contributed by atoms with Gasteiger partial charge in [-0.2, -0.15) is 0 Å². The van der Waals surface area contributed by atoms with Crippen LogP contribution in [0.1, 0.15) is 24.2 Å². The summed E-state index contributed by atoms with van der Waals surface area (Å²) in [7, 11) is 0. The third kappa shape index (κ3) is 3.80. The first kappa shape index (κ1) is 18.3. The molecule has 1 aliphatic carbocycles. The van der Waals surface area contributed by atoms with Gasteiger partial charge in [0.05, 0.1) is 17.4 Å². The smallest absolute Gasteiger partial charge is 0.261 e. The van der Waals surface area contributed by atoms with Gasteiger partial charge in [0.2, 0.25) is 5.91 Å². The fourth-order valence-electron chi connectivity index (χ4n) is 3.43. The van der Waals surface area contributed by atoms with Gasteiger partial charge in [-0.15, -0.1) is 0 Å². The summed E-state index contributed by atoms with van der Waals surface area (Å²) in [6.07, 6.45) is 2.03. The first-order valence-electron chi connectivity index (χ1n) is 9.27. The van der Waals surface area contributed by atoms with E-state index < -0.39 is 5.91 Å². The van der Waals surface area contributed by atoms with Gasteiger partial charge in [-0.1, -0.05) is 30.3 Å². The third-order valence-corrected chi connectivity index (χ3v) is 4.99. The lowest BCUT2D eigenvalue weighted by Crippen LogP contribution is -2.35. The highest BCUT2D eigenvalue weighted by atomic mass is 19.1. The number of aromatic nitrogens is 2. The van der Waals surface area contributed by atoms with E-state index in [4.69, 9.17) is 5.73 Å². The molecule has 1 aromatic heterocycles. The Morgan fingerprint density at radius 1 is 1.14 bits per heavy atom. The quantitative estimate of drug-likeness (QED) is 0.681. The number of para-hydroxylation sites is 1. The molecule has 0 atom stereocenters. The van der Waals surface area contributed by atoms with E-state index in [2.05, 4.69) is 9.88 Å². The van der Waals surface area contributed by atoms with Crippen LogP contribution in [0.25, 0.3) is 10.9 Å². The highest BCUT2D eigenvalue weighted by molar-refractivity contribution is 5.78. The molecule has 2 aromatic carbocycles. The number of carbonyl (C=O) groups excluding carboxylic acids is 1. The normalized spacial score (nSPS) is 13.9. The second-order valence-electron chi connectivity index (χ2n) is 7.13. The molecule has 0 unspecified atom stereocenters. The molecule has 28 heavy (non-hydrogen) atoms. The molecular weight excluding hydrogens is 359 g/mol. The fourth-order valence-corrected chi connectivity index (χ4v) is 3.43. The summed E-state index contributed by atoms with van der Waals surface area (Å²) in [4.78, 5) is 31.2. The summed E-state index contributed by atoms with van der Waals surface area (Å²) in [5, 5.41) is 0.444. The molecule has 0 saturated heterocycles. The van der Waals surface area contributed by atoms with Crippen LogP contribution in [0.4, 0.5) is 4.39 Å². The predicted octanol–water partition coefficient (Wildman–Crippen LogP) is 2.19. The maximum Gasteiger partial charge on any atom is 0.261 e. The Kier molecular flexibility index (Phi) is 4.92. The molecule has 7 heteroatoms. The predicted molar refractivity (Wildman–Crippen MR) is 104 cm³/mol. The van der Waals surface area contributed by atoms with Crippen molar-refractivity contribution < 1.29 is 9.18 Å². The van der Waals surface area contributed by atoms with Crippen molar-refractivity contribution in [1.82, 2.24) is 14.5 Å². The average Bonchev–Trinajstić information content (AvgIpc) is 3.51. The minimum absolute atomic E-state index is 0.232. The Hall–Kier alpha value is -3.06. The molecule has 0 bridgehead atoms. The van der Waals surface area contributed by atoms with E-state index in [1.54, 1.807) is 36.4 Å². The summed E-state index contributed by atoms with van der Waals surface area (Å²) in [6, 6.07) is 14.0. The number of amides is 1. The van der Waals surface area contributed by atoms with Gasteiger partial charge in [0, 0.05) is 18.2 Å². The van der Waals surface area contributed by atoms with Crippen molar-refractivity contribution in [2.75, 3.05) is 0 Å². The zero-order chi connectivity index (χ0) is 19.7. The lowest BCUT2D eigenvalue weighted by Gasteiger charge is -2.23. The minimum Gasteiger partial charge on any atom is -0.368 e. The van der Waals surface area contributed by atoms with Crippen molar-refractivity contribution in [2.45, 2.75) is 38.5 Å². The van der Waals surface area contributed by atoms with Crippen molar-refractivity contribution in [3.63, 3.8) is 0 Å². The van der Waals surface area contributed by atoms with E-state index in [0.29, 0.717) is 41.4 Å². The van der Waals surface area contributed by atoms with E-state index in [-0.39, 0.29) is 17.9 Å². The first-order valence-corrected chi connectivity index (χ1v) is 9.27. The molecule has 1 aliphatic rings. The topological polar surface area (TPSA) is 81.2 Å². The van der Waals surface area contributed by atoms with Crippen molar-refractivity contribution in [3.05, 3.63) is 76.1 Å². The van der Waals surface area contributed by atoms with E-state index in [0.717, 1.165) is 12.8 Å². The minimum atomic E-state index is -0.604. The van der Waals surface area contributed by atoms with Crippen LogP contribution in [-0.4, -0.2) is 26.4 Å². The number of halogens is 1. The number of rotatable bonds is 7. The van der Waals surface area contributed by atoms with Crippen LogP contribution in [-0.2, 0) is 24.4 Å². The van der Waals surface area contributed by atoms with E-state index >= 15 is 0 Å². The van der Waals surface area contributed by atoms with Crippen LogP contribution in [0.3, 0.4) is 0 Å². The Morgan fingerprint density at radius 2 is 1.86 bits per heavy atom. The lowest BCUT2D eigenvalue weighted by atomic mass is 10.2.